The molecule has 0 saturated carbocycles. The zero-order valence-electron chi connectivity index (χ0n) is 17.9. The van der Waals surface area contributed by atoms with E-state index in [0.29, 0.717) is 5.69 Å². The number of carbonyl (C=O) groups is 2. The van der Waals surface area contributed by atoms with Crippen molar-refractivity contribution in [3.05, 3.63) is 95.7 Å². The quantitative estimate of drug-likeness (QED) is 0.346. The third-order valence-electron chi connectivity index (χ3n) is 5.09. The number of carbonyl (C=O) groups excluding carboxylic acids is 1. The number of ether oxygens (including phenoxy) is 1. The maximum absolute atomic E-state index is 12.4. The van der Waals surface area contributed by atoms with Gasteiger partial charge in [0, 0.05) is 0 Å². The minimum absolute atomic E-state index is 0.00745. The van der Waals surface area contributed by atoms with Crippen LogP contribution in [0.2, 0.25) is 0 Å². The fourth-order valence-electron chi connectivity index (χ4n) is 3.38. The average Bonchev–Trinajstić information content (AvgIpc) is 3.18. The molecule has 4 rings (SSSR count). The molecule has 2 N–H and O–H groups in total. The first-order valence-corrected chi connectivity index (χ1v) is 11.1. The van der Waals surface area contributed by atoms with Crippen molar-refractivity contribution in [1.29, 1.82) is 0 Å². The molecule has 0 bridgehead atoms. The molecule has 33 heavy (non-hydrogen) atoms. The lowest BCUT2D eigenvalue weighted by molar-refractivity contribution is -0.136. The Hall–Kier alpha value is -3.97. The Kier molecular flexibility index (Phi) is 6.80. The lowest BCUT2D eigenvalue weighted by Gasteiger charge is -2.09. The molecule has 7 heteroatoms. The number of amides is 1. The normalized spacial score (nSPS) is 10.6. The second kappa shape index (κ2) is 10.1. The molecule has 1 heterocycles. The van der Waals surface area contributed by atoms with Gasteiger partial charge in [-0.2, -0.15) is 4.37 Å². The van der Waals surface area contributed by atoms with Gasteiger partial charge < -0.3 is 9.84 Å². The average molecular weight is 459 g/mol. The number of carboxylic acid groups (broad SMARTS) is 1. The van der Waals surface area contributed by atoms with Crippen molar-refractivity contribution >= 4 is 29.3 Å². The van der Waals surface area contributed by atoms with Gasteiger partial charge in [0.15, 0.2) is 0 Å². The fraction of sp³-hybridized carbons (Fsp3) is 0.115. The molecule has 0 aliphatic rings. The second-order valence-electron chi connectivity index (χ2n) is 7.50. The molecular formula is C26H22N2O4S. The molecule has 3 aromatic carbocycles. The monoisotopic (exact) mass is 458 g/mol. The SMILES string of the molecule is Cc1nsc(-c2ccc(-c3ccc(CC(=O)O)cc3)cc2)c1NC(=O)OCc1ccccc1. The number of aromatic nitrogens is 1. The van der Waals surface area contributed by atoms with Crippen molar-refractivity contribution in [2.75, 3.05) is 5.32 Å². The number of aryl methyl sites for hydroxylation is 1. The number of nitrogens with one attached hydrogen (secondary N) is 1. The standard InChI is InChI=1S/C26H22N2O4S/c1-17-24(27-26(31)32-16-19-5-3-2-4-6-19)25(33-28-17)22-13-11-21(12-14-22)20-9-7-18(8-10-20)15-23(29)30/h2-14H,15-16H2,1H3,(H,27,31)(H,29,30). The summed E-state index contributed by atoms with van der Waals surface area (Å²) in [4.78, 5) is 24.1. The Morgan fingerprint density at radius 3 is 2.12 bits per heavy atom. The highest BCUT2D eigenvalue weighted by molar-refractivity contribution is 7.10. The van der Waals surface area contributed by atoms with E-state index in [-0.39, 0.29) is 13.0 Å². The van der Waals surface area contributed by atoms with Crippen LogP contribution in [-0.4, -0.2) is 21.5 Å². The van der Waals surface area contributed by atoms with Crippen LogP contribution in [0.1, 0.15) is 16.8 Å². The van der Waals surface area contributed by atoms with Crippen molar-refractivity contribution in [2.45, 2.75) is 20.0 Å². The summed E-state index contributed by atoms with van der Waals surface area (Å²) >= 11 is 1.32. The van der Waals surface area contributed by atoms with Crippen LogP contribution < -0.4 is 5.32 Å². The van der Waals surface area contributed by atoms with Gasteiger partial charge in [0.25, 0.3) is 0 Å². The number of carboxylic acids is 1. The number of aliphatic carboxylic acids is 1. The van der Waals surface area contributed by atoms with Gasteiger partial charge >= 0.3 is 12.1 Å². The van der Waals surface area contributed by atoms with Crippen LogP contribution in [0.5, 0.6) is 0 Å². The fourth-order valence-corrected chi connectivity index (χ4v) is 4.23. The number of hydrogen-bond acceptors (Lipinski definition) is 5. The van der Waals surface area contributed by atoms with E-state index >= 15 is 0 Å². The molecule has 0 unspecified atom stereocenters. The maximum atomic E-state index is 12.4. The van der Waals surface area contributed by atoms with Gasteiger partial charge in [-0.05, 0) is 46.3 Å². The summed E-state index contributed by atoms with van der Waals surface area (Å²) in [6.45, 7) is 2.04. The topological polar surface area (TPSA) is 88.5 Å². The Morgan fingerprint density at radius 2 is 1.48 bits per heavy atom. The molecule has 0 fully saturated rings. The second-order valence-corrected chi connectivity index (χ2v) is 8.28. The van der Waals surface area contributed by atoms with Crippen LogP contribution in [0.25, 0.3) is 21.6 Å². The van der Waals surface area contributed by atoms with E-state index in [1.807, 2.05) is 85.8 Å². The molecule has 0 radical (unpaired) electrons. The van der Waals surface area contributed by atoms with E-state index in [1.165, 1.54) is 11.5 Å². The summed E-state index contributed by atoms with van der Waals surface area (Å²) in [6, 6.07) is 24.9. The van der Waals surface area contributed by atoms with Gasteiger partial charge in [-0.1, -0.05) is 78.9 Å². The largest absolute Gasteiger partial charge is 0.481 e. The van der Waals surface area contributed by atoms with Gasteiger partial charge in [0.05, 0.1) is 22.7 Å². The predicted molar refractivity (Wildman–Crippen MR) is 129 cm³/mol. The van der Waals surface area contributed by atoms with Crippen LogP contribution >= 0.6 is 11.5 Å². The summed E-state index contributed by atoms with van der Waals surface area (Å²) in [7, 11) is 0. The molecule has 0 saturated heterocycles. The lowest BCUT2D eigenvalue weighted by atomic mass is 10.0. The van der Waals surface area contributed by atoms with Crippen LogP contribution in [-0.2, 0) is 22.6 Å². The van der Waals surface area contributed by atoms with E-state index in [9.17, 15) is 9.59 Å². The van der Waals surface area contributed by atoms with Gasteiger partial charge in [0.1, 0.15) is 6.61 Å². The number of nitrogens with zero attached hydrogens (tertiary/aromatic N) is 1. The Labute approximate surface area is 195 Å². The summed E-state index contributed by atoms with van der Waals surface area (Å²) in [6.07, 6.45) is -0.519. The molecule has 0 aliphatic carbocycles. The van der Waals surface area contributed by atoms with E-state index in [1.54, 1.807) is 0 Å². The third kappa shape index (κ3) is 5.64. The van der Waals surface area contributed by atoms with E-state index in [2.05, 4.69) is 9.69 Å². The van der Waals surface area contributed by atoms with Gasteiger partial charge in [-0.15, -0.1) is 0 Å². The number of anilines is 1. The van der Waals surface area contributed by atoms with Gasteiger partial charge in [0.2, 0.25) is 0 Å². The highest BCUT2D eigenvalue weighted by atomic mass is 32.1. The summed E-state index contributed by atoms with van der Waals surface area (Å²) < 4.78 is 9.75. The number of rotatable bonds is 7. The number of benzene rings is 3. The van der Waals surface area contributed by atoms with E-state index in [0.717, 1.165) is 38.4 Å². The third-order valence-corrected chi connectivity index (χ3v) is 6.08. The highest BCUT2D eigenvalue weighted by Crippen LogP contribution is 2.36. The van der Waals surface area contributed by atoms with Crippen LogP contribution in [0.4, 0.5) is 10.5 Å². The first kappa shape index (κ1) is 22.2. The summed E-state index contributed by atoms with van der Waals surface area (Å²) in [5.41, 5.74) is 5.99. The molecule has 0 spiro atoms. The minimum atomic E-state index is -0.847. The first-order chi connectivity index (χ1) is 16.0. The molecule has 1 amide bonds. The van der Waals surface area contributed by atoms with Crippen LogP contribution in [0.3, 0.4) is 0 Å². The number of hydrogen-bond donors (Lipinski definition) is 2. The lowest BCUT2D eigenvalue weighted by Crippen LogP contribution is -2.14. The zero-order valence-corrected chi connectivity index (χ0v) is 18.8. The molecule has 0 atom stereocenters. The van der Waals surface area contributed by atoms with Crippen molar-refractivity contribution in [2.24, 2.45) is 0 Å². The van der Waals surface area contributed by atoms with Gasteiger partial charge in [-0.3, -0.25) is 10.1 Å². The van der Waals surface area contributed by atoms with Crippen LogP contribution in [0.15, 0.2) is 78.9 Å². The Bertz CT molecular complexity index is 1250. The Balaban J connectivity index is 1.46. The predicted octanol–water partition coefficient (Wildman–Crippen LogP) is 6.16. The smallest absolute Gasteiger partial charge is 0.412 e. The molecule has 0 aliphatic heterocycles. The molecule has 6 nitrogen and oxygen atoms in total. The molecular weight excluding hydrogens is 436 g/mol. The van der Waals surface area contributed by atoms with E-state index in [4.69, 9.17) is 9.84 Å². The molecule has 1 aromatic heterocycles. The van der Waals surface area contributed by atoms with Crippen LogP contribution in [0, 0.1) is 6.92 Å². The van der Waals surface area contributed by atoms with Crippen molar-refractivity contribution in [3.8, 4) is 21.6 Å². The van der Waals surface area contributed by atoms with Crippen molar-refractivity contribution in [1.82, 2.24) is 4.37 Å². The first-order valence-electron chi connectivity index (χ1n) is 10.3. The molecule has 4 aromatic rings. The Morgan fingerprint density at radius 1 is 0.879 bits per heavy atom. The summed E-state index contributed by atoms with van der Waals surface area (Å²) in [5, 5.41) is 11.7. The van der Waals surface area contributed by atoms with Crippen molar-refractivity contribution < 1.29 is 19.4 Å². The zero-order chi connectivity index (χ0) is 23.2. The maximum Gasteiger partial charge on any atom is 0.412 e. The summed E-state index contributed by atoms with van der Waals surface area (Å²) in [5.74, 6) is -0.847. The van der Waals surface area contributed by atoms with E-state index < -0.39 is 12.1 Å². The minimum Gasteiger partial charge on any atom is -0.481 e. The molecule has 166 valence electrons. The van der Waals surface area contributed by atoms with Crippen molar-refractivity contribution in [3.63, 3.8) is 0 Å². The van der Waals surface area contributed by atoms with Gasteiger partial charge in [-0.25, -0.2) is 4.79 Å². The highest BCUT2D eigenvalue weighted by Gasteiger charge is 2.16.